The van der Waals surface area contributed by atoms with Crippen molar-refractivity contribution in [1.82, 2.24) is 9.62 Å². The number of carbonyl (C=O) groups excluding carboxylic acids is 1. The molecule has 0 aromatic carbocycles. The normalized spacial score (nSPS) is 13.5. The molecule has 0 aliphatic heterocycles. The van der Waals surface area contributed by atoms with Gasteiger partial charge in [-0.25, -0.2) is 12.7 Å². The Kier molecular flexibility index (Phi) is 8.95. The first kappa shape index (κ1) is 18.3. The van der Waals surface area contributed by atoms with E-state index in [0.29, 0.717) is 19.6 Å². The Morgan fingerprint density at radius 1 is 1.37 bits per heavy atom. The predicted octanol–water partition coefficient (Wildman–Crippen LogP) is 0.589. The quantitative estimate of drug-likeness (QED) is 0.598. The maximum absolute atomic E-state index is 11.6. The summed E-state index contributed by atoms with van der Waals surface area (Å²) in [5, 5.41) is 2.82. The molecule has 0 aromatic rings. The maximum atomic E-state index is 11.6. The molecule has 0 aliphatic rings. The summed E-state index contributed by atoms with van der Waals surface area (Å²) in [4.78, 5) is 11.6. The van der Waals surface area contributed by atoms with E-state index >= 15 is 0 Å². The SMILES string of the molecule is CCC(C)NC(=O)CCN(CCCOC)S(C)(=O)=O. The summed E-state index contributed by atoms with van der Waals surface area (Å²) in [6.45, 7) is 5.00. The van der Waals surface area contributed by atoms with Gasteiger partial charge in [0.2, 0.25) is 15.9 Å². The highest BCUT2D eigenvalue weighted by Crippen LogP contribution is 2.02. The van der Waals surface area contributed by atoms with Gasteiger partial charge in [-0.2, -0.15) is 0 Å². The van der Waals surface area contributed by atoms with Crippen LogP contribution < -0.4 is 5.32 Å². The minimum atomic E-state index is -3.28. The fourth-order valence-electron chi connectivity index (χ4n) is 1.50. The molecule has 0 aromatic heterocycles. The number of carbonyl (C=O) groups is 1. The fraction of sp³-hybridized carbons (Fsp3) is 0.917. The first-order valence-corrected chi connectivity index (χ1v) is 8.39. The third-order valence-corrected chi connectivity index (χ3v) is 4.14. The molecule has 0 rings (SSSR count). The summed E-state index contributed by atoms with van der Waals surface area (Å²) in [6.07, 6.45) is 2.82. The summed E-state index contributed by atoms with van der Waals surface area (Å²) in [7, 11) is -1.70. The van der Waals surface area contributed by atoms with Gasteiger partial charge in [0.05, 0.1) is 6.26 Å². The lowest BCUT2D eigenvalue weighted by Gasteiger charge is -2.20. The number of hydrogen-bond acceptors (Lipinski definition) is 4. The van der Waals surface area contributed by atoms with E-state index in [4.69, 9.17) is 4.74 Å². The number of nitrogens with one attached hydrogen (secondary N) is 1. The zero-order valence-corrected chi connectivity index (χ0v) is 13.1. The summed E-state index contributed by atoms with van der Waals surface area (Å²) in [5.41, 5.74) is 0. The highest BCUT2D eigenvalue weighted by atomic mass is 32.2. The molecule has 0 heterocycles. The van der Waals surface area contributed by atoms with Crippen LogP contribution in [0.4, 0.5) is 0 Å². The van der Waals surface area contributed by atoms with E-state index in [9.17, 15) is 13.2 Å². The Balaban J connectivity index is 4.23. The van der Waals surface area contributed by atoms with Crippen molar-refractivity contribution in [3.63, 3.8) is 0 Å². The number of hydrogen-bond donors (Lipinski definition) is 1. The van der Waals surface area contributed by atoms with Gasteiger partial charge in [0.25, 0.3) is 0 Å². The smallest absolute Gasteiger partial charge is 0.221 e. The van der Waals surface area contributed by atoms with Gasteiger partial charge >= 0.3 is 0 Å². The van der Waals surface area contributed by atoms with Crippen LogP contribution in [0, 0.1) is 0 Å². The zero-order chi connectivity index (χ0) is 14.9. The van der Waals surface area contributed by atoms with Crippen molar-refractivity contribution >= 4 is 15.9 Å². The Bertz CT molecular complexity index is 357. The van der Waals surface area contributed by atoms with Crippen LogP contribution in [-0.2, 0) is 19.6 Å². The van der Waals surface area contributed by atoms with Gasteiger partial charge in [-0.1, -0.05) is 6.92 Å². The summed E-state index contributed by atoms with van der Waals surface area (Å²) in [6, 6.07) is 0.118. The highest BCUT2D eigenvalue weighted by Gasteiger charge is 2.17. The van der Waals surface area contributed by atoms with Crippen LogP contribution in [0.3, 0.4) is 0 Å². The number of sulfonamides is 1. The van der Waals surface area contributed by atoms with Crippen LogP contribution in [0.15, 0.2) is 0 Å². The first-order chi connectivity index (χ1) is 8.81. The minimum Gasteiger partial charge on any atom is -0.385 e. The van der Waals surface area contributed by atoms with Crippen molar-refractivity contribution < 1.29 is 17.9 Å². The molecule has 0 bridgehead atoms. The first-order valence-electron chi connectivity index (χ1n) is 6.54. The van der Waals surface area contributed by atoms with Crippen molar-refractivity contribution in [1.29, 1.82) is 0 Å². The van der Waals surface area contributed by atoms with E-state index in [1.54, 1.807) is 7.11 Å². The predicted molar refractivity (Wildman–Crippen MR) is 75.4 cm³/mol. The molecule has 19 heavy (non-hydrogen) atoms. The monoisotopic (exact) mass is 294 g/mol. The molecule has 0 fully saturated rings. The van der Waals surface area contributed by atoms with Gasteiger partial charge in [0, 0.05) is 39.3 Å². The highest BCUT2D eigenvalue weighted by molar-refractivity contribution is 7.88. The Labute approximate surface area is 116 Å². The Morgan fingerprint density at radius 3 is 2.47 bits per heavy atom. The lowest BCUT2D eigenvalue weighted by molar-refractivity contribution is -0.121. The van der Waals surface area contributed by atoms with E-state index in [1.807, 2.05) is 13.8 Å². The lowest BCUT2D eigenvalue weighted by atomic mass is 10.2. The fourth-order valence-corrected chi connectivity index (χ4v) is 2.39. The second-order valence-electron chi connectivity index (χ2n) is 4.64. The molecule has 0 saturated carbocycles. The summed E-state index contributed by atoms with van der Waals surface area (Å²) in [5.74, 6) is -0.116. The van der Waals surface area contributed by atoms with Gasteiger partial charge in [-0.15, -0.1) is 0 Å². The molecular weight excluding hydrogens is 268 g/mol. The molecule has 0 aliphatic carbocycles. The van der Waals surface area contributed by atoms with Crippen LogP contribution in [0.5, 0.6) is 0 Å². The van der Waals surface area contributed by atoms with Gasteiger partial charge in [0.15, 0.2) is 0 Å². The number of rotatable bonds is 10. The van der Waals surface area contributed by atoms with E-state index in [1.165, 1.54) is 4.31 Å². The largest absolute Gasteiger partial charge is 0.385 e. The third kappa shape index (κ3) is 8.96. The zero-order valence-electron chi connectivity index (χ0n) is 12.3. The van der Waals surface area contributed by atoms with Crippen molar-refractivity contribution in [2.75, 3.05) is 33.1 Å². The van der Waals surface area contributed by atoms with Crippen molar-refractivity contribution in [3.05, 3.63) is 0 Å². The Hall–Kier alpha value is -0.660. The van der Waals surface area contributed by atoms with Crippen LogP contribution in [0.1, 0.15) is 33.1 Å². The molecule has 1 unspecified atom stereocenters. The molecular formula is C12H26N2O4S. The molecule has 7 heteroatoms. The molecule has 1 N–H and O–H groups in total. The van der Waals surface area contributed by atoms with Gasteiger partial charge in [-0.3, -0.25) is 4.79 Å². The van der Waals surface area contributed by atoms with E-state index < -0.39 is 10.0 Å². The van der Waals surface area contributed by atoms with E-state index in [0.717, 1.165) is 12.7 Å². The molecule has 1 amide bonds. The average Bonchev–Trinajstić information content (AvgIpc) is 2.31. The number of methoxy groups -OCH3 is 1. The van der Waals surface area contributed by atoms with E-state index in [-0.39, 0.29) is 24.9 Å². The van der Waals surface area contributed by atoms with Gasteiger partial charge in [0.1, 0.15) is 0 Å². The second-order valence-corrected chi connectivity index (χ2v) is 6.62. The van der Waals surface area contributed by atoms with Crippen molar-refractivity contribution in [3.8, 4) is 0 Å². The average molecular weight is 294 g/mol. The van der Waals surface area contributed by atoms with Crippen molar-refractivity contribution in [2.24, 2.45) is 0 Å². The standard InChI is InChI=1S/C12H26N2O4S/c1-5-11(2)13-12(15)7-9-14(19(4,16)17)8-6-10-18-3/h11H,5-10H2,1-4H3,(H,13,15). The van der Waals surface area contributed by atoms with Crippen LogP contribution >= 0.6 is 0 Å². The lowest BCUT2D eigenvalue weighted by Crippen LogP contribution is -2.37. The number of ether oxygens (including phenoxy) is 1. The maximum Gasteiger partial charge on any atom is 0.221 e. The number of amides is 1. The molecule has 0 saturated heterocycles. The second kappa shape index (κ2) is 9.28. The van der Waals surface area contributed by atoms with Crippen LogP contribution in [-0.4, -0.2) is 57.7 Å². The molecule has 0 radical (unpaired) electrons. The van der Waals surface area contributed by atoms with Crippen LogP contribution in [0.2, 0.25) is 0 Å². The minimum absolute atomic E-state index is 0.116. The molecule has 114 valence electrons. The van der Waals surface area contributed by atoms with Gasteiger partial charge < -0.3 is 10.1 Å². The molecule has 0 spiro atoms. The van der Waals surface area contributed by atoms with Gasteiger partial charge in [-0.05, 0) is 19.8 Å². The molecule has 6 nitrogen and oxygen atoms in total. The summed E-state index contributed by atoms with van der Waals surface area (Å²) < 4.78 is 29.4. The third-order valence-electron chi connectivity index (χ3n) is 2.83. The Morgan fingerprint density at radius 2 is 2.00 bits per heavy atom. The van der Waals surface area contributed by atoms with Crippen LogP contribution in [0.25, 0.3) is 0 Å². The number of nitrogens with zero attached hydrogens (tertiary/aromatic N) is 1. The summed E-state index contributed by atoms with van der Waals surface area (Å²) >= 11 is 0. The topological polar surface area (TPSA) is 75.7 Å². The molecule has 1 atom stereocenters. The van der Waals surface area contributed by atoms with Crippen molar-refractivity contribution in [2.45, 2.75) is 39.2 Å². The van der Waals surface area contributed by atoms with E-state index in [2.05, 4.69) is 5.32 Å².